The summed E-state index contributed by atoms with van der Waals surface area (Å²) in [5.74, 6) is 0.419. The van der Waals surface area contributed by atoms with E-state index in [1.54, 1.807) is 11.6 Å². The molecule has 0 spiro atoms. The van der Waals surface area contributed by atoms with E-state index >= 15 is 0 Å². The maximum absolute atomic E-state index is 12.4. The Kier molecular flexibility index (Phi) is 4.49. The first-order chi connectivity index (χ1) is 11.4. The van der Waals surface area contributed by atoms with E-state index in [0.717, 1.165) is 19.3 Å². The fourth-order valence-electron chi connectivity index (χ4n) is 3.55. The van der Waals surface area contributed by atoms with E-state index in [-0.39, 0.29) is 24.4 Å². The normalized spacial score (nSPS) is 27.2. The highest BCUT2D eigenvalue weighted by molar-refractivity contribution is 5.99. The molecule has 1 saturated carbocycles. The summed E-state index contributed by atoms with van der Waals surface area (Å²) in [4.78, 5) is 31.7. The molecule has 2 amide bonds. The van der Waals surface area contributed by atoms with Gasteiger partial charge in [0.1, 0.15) is 6.54 Å². The summed E-state index contributed by atoms with van der Waals surface area (Å²) in [5.41, 5.74) is 0.331. The van der Waals surface area contributed by atoms with Gasteiger partial charge in [-0.1, -0.05) is 19.8 Å². The van der Waals surface area contributed by atoms with Gasteiger partial charge in [0.15, 0.2) is 11.5 Å². The van der Waals surface area contributed by atoms with Crippen molar-refractivity contribution in [1.29, 1.82) is 0 Å². The molecule has 24 heavy (non-hydrogen) atoms. The molecule has 2 aliphatic rings. The number of amides is 2. The average Bonchev–Trinajstić information content (AvgIpc) is 2.96. The molecule has 2 heterocycles. The molecule has 1 aromatic rings. The first-order valence-electron chi connectivity index (χ1n) is 8.42. The third-order valence-electron chi connectivity index (χ3n) is 5.14. The number of hydrogen-bond donors (Lipinski definition) is 2. The lowest BCUT2D eigenvalue weighted by Gasteiger charge is -2.36. The molecule has 3 atom stereocenters. The van der Waals surface area contributed by atoms with Gasteiger partial charge in [-0.25, -0.2) is 4.98 Å². The number of carbonyl (C=O) groups excluding carboxylic acids is 2. The van der Waals surface area contributed by atoms with E-state index in [2.05, 4.69) is 17.2 Å². The maximum Gasteiger partial charge on any atom is 0.277 e. The zero-order valence-corrected chi connectivity index (χ0v) is 14.4. The minimum absolute atomic E-state index is 0.0507. The fraction of sp³-hybridized carbons (Fsp3) is 0.688. The number of anilines is 1. The van der Waals surface area contributed by atoms with Crippen LogP contribution in [-0.4, -0.2) is 57.9 Å². The fourth-order valence-corrected chi connectivity index (χ4v) is 3.55. The number of aromatic nitrogens is 2. The van der Waals surface area contributed by atoms with Crippen LogP contribution in [0.2, 0.25) is 0 Å². The molecule has 8 nitrogen and oxygen atoms in total. The van der Waals surface area contributed by atoms with Gasteiger partial charge < -0.3 is 19.9 Å². The van der Waals surface area contributed by atoms with Crippen molar-refractivity contribution in [3.05, 3.63) is 12.0 Å². The van der Waals surface area contributed by atoms with E-state index < -0.39 is 6.35 Å². The van der Waals surface area contributed by atoms with Crippen LogP contribution in [0.15, 0.2) is 6.33 Å². The monoisotopic (exact) mass is 335 g/mol. The zero-order valence-electron chi connectivity index (χ0n) is 14.4. The topological polar surface area (TPSA) is 90.7 Å². The first kappa shape index (κ1) is 16.8. The van der Waals surface area contributed by atoms with Crippen LogP contribution in [0.3, 0.4) is 0 Å². The highest BCUT2D eigenvalue weighted by atomic mass is 16.3. The van der Waals surface area contributed by atoms with Crippen molar-refractivity contribution in [3.63, 3.8) is 0 Å². The van der Waals surface area contributed by atoms with Crippen molar-refractivity contribution in [2.45, 2.75) is 51.5 Å². The van der Waals surface area contributed by atoms with Gasteiger partial charge in [-0.2, -0.15) is 0 Å². The van der Waals surface area contributed by atoms with Crippen LogP contribution in [0.4, 0.5) is 5.82 Å². The van der Waals surface area contributed by atoms with Crippen molar-refractivity contribution in [3.8, 4) is 0 Å². The summed E-state index contributed by atoms with van der Waals surface area (Å²) < 4.78 is 1.55. The third kappa shape index (κ3) is 2.86. The Bertz CT molecular complexity index is 644. The van der Waals surface area contributed by atoms with Crippen LogP contribution in [0.1, 0.15) is 43.1 Å². The summed E-state index contributed by atoms with van der Waals surface area (Å²) in [5, 5.41) is 13.1. The van der Waals surface area contributed by atoms with Crippen molar-refractivity contribution >= 4 is 17.6 Å². The van der Waals surface area contributed by atoms with Crippen LogP contribution in [0, 0.1) is 5.92 Å². The number of fused-ring (bicyclic) bond motifs is 1. The number of nitrogens with one attached hydrogen (secondary N) is 1. The molecule has 8 heteroatoms. The Morgan fingerprint density at radius 3 is 2.75 bits per heavy atom. The number of aliphatic hydroxyl groups is 1. The number of hydrogen-bond acceptors (Lipinski definition) is 5. The van der Waals surface area contributed by atoms with Crippen LogP contribution in [0.25, 0.3) is 0 Å². The van der Waals surface area contributed by atoms with Gasteiger partial charge in [-0.15, -0.1) is 0 Å². The van der Waals surface area contributed by atoms with Gasteiger partial charge >= 0.3 is 0 Å². The number of aliphatic hydroxyl groups excluding tert-OH is 1. The summed E-state index contributed by atoms with van der Waals surface area (Å²) in [6, 6.07) is 0.202. The molecule has 0 aromatic carbocycles. The van der Waals surface area contributed by atoms with Crippen LogP contribution < -0.4 is 10.2 Å². The van der Waals surface area contributed by atoms with Gasteiger partial charge in [-0.05, 0) is 18.8 Å². The highest BCUT2D eigenvalue weighted by Gasteiger charge is 2.36. The molecule has 1 aliphatic carbocycles. The minimum atomic E-state index is -1.05. The van der Waals surface area contributed by atoms with Crippen molar-refractivity contribution in [1.82, 2.24) is 19.8 Å². The lowest BCUT2D eigenvalue weighted by atomic mass is 9.86. The van der Waals surface area contributed by atoms with Crippen LogP contribution >= 0.6 is 0 Å². The first-order valence-corrected chi connectivity index (χ1v) is 8.42. The third-order valence-corrected chi connectivity index (χ3v) is 5.14. The Labute approximate surface area is 141 Å². The van der Waals surface area contributed by atoms with Gasteiger partial charge in [0.25, 0.3) is 5.91 Å². The lowest BCUT2D eigenvalue weighted by Crippen LogP contribution is -2.52. The Morgan fingerprint density at radius 1 is 1.33 bits per heavy atom. The molecular formula is C16H25N5O3. The number of imidazole rings is 1. The van der Waals surface area contributed by atoms with Gasteiger partial charge in [0.05, 0.1) is 6.33 Å². The molecule has 1 fully saturated rings. The predicted molar refractivity (Wildman–Crippen MR) is 88.3 cm³/mol. The van der Waals surface area contributed by atoms with E-state index in [1.807, 2.05) is 0 Å². The molecule has 0 bridgehead atoms. The number of rotatable bonds is 3. The number of carbonyl (C=O) groups is 2. The molecule has 132 valence electrons. The largest absolute Gasteiger partial charge is 0.356 e. The van der Waals surface area contributed by atoms with Gasteiger partial charge in [0.2, 0.25) is 12.3 Å². The summed E-state index contributed by atoms with van der Waals surface area (Å²) >= 11 is 0. The Morgan fingerprint density at radius 2 is 2.04 bits per heavy atom. The zero-order chi connectivity index (χ0) is 17.4. The quantitative estimate of drug-likeness (QED) is 0.833. The molecule has 3 rings (SSSR count). The van der Waals surface area contributed by atoms with Crippen LogP contribution in [-0.2, 0) is 11.3 Å². The van der Waals surface area contributed by atoms with E-state index in [0.29, 0.717) is 17.4 Å². The molecule has 0 saturated heterocycles. The smallest absolute Gasteiger partial charge is 0.277 e. The second-order valence-corrected chi connectivity index (χ2v) is 6.85. The second-order valence-electron chi connectivity index (χ2n) is 6.85. The van der Waals surface area contributed by atoms with Gasteiger partial charge in [-0.3, -0.25) is 14.5 Å². The molecule has 1 aliphatic heterocycles. The van der Waals surface area contributed by atoms with E-state index in [9.17, 15) is 14.7 Å². The predicted octanol–water partition coefficient (Wildman–Crippen LogP) is 0.376. The van der Waals surface area contributed by atoms with Crippen LogP contribution in [0.5, 0.6) is 0 Å². The Balaban J connectivity index is 1.74. The van der Waals surface area contributed by atoms with E-state index in [4.69, 9.17) is 0 Å². The summed E-state index contributed by atoms with van der Waals surface area (Å²) in [6.07, 6.45) is 4.93. The standard InChI is InChI=1S/C16H25N5O3/c1-10-6-4-5-7-11(10)18-12(22)8-21-9-17-14-13(21)15(23)20(3)16(24)19(14)2/h9-11,16,24H,4-8H2,1-3H3,(H,18,22). The molecular weight excluding hydrogens is 310 g/mol. The average molecular weight is 335 g/mol. The lowest BCUT2D eigenvalue weighted by molar-refractivity contribution is -0.122. The number of nitrogens with zero attached hydrogens (tertiary/aromatic N) is 4. The van der Waals surface area contributed by atoms with Crippen molar-refractivity contribution in [2.24, 2.45) is 5.92 Å². The van der Waals surface area contributed by atoms with Crippen molar-refractivity contribution in [2.75, 3.05) is 19.0 Å². The Hall–Kier alpha value is -2.09. The van der Waals surface area contributed by atoms with Crippen molar-refractivity contribution < 1.29 is 14.7 Å². The van der Waals surface area contributed by atoms with E-state index in [1.165, 1.54) is 29.6 Å². The summed E-state index contributed by atoms with van der Waals surface area (Å²) in [6.45, 7) is 2.22. The maximum atomic E-state index is 12.4. The highest BCUT2D eigenvalue weighted by Crippen LogP contribution is 2.27. The molecule has 2 N–H and O–H groups in total. The second kappa shape index (κ2) is 6.43. The molecule has 1 aromatic heterocycles. The minimum Gasteiger partial charge on any atom is -0.356 e. The molecule has 3 unspecified atom stereocenters. The van der Waals surface area contributed by atoms with Gasteiger partial charge in [0, 0.05) is 20.1 Å². The summed E-state index contributed by atoms with van der Waals surface area (Å²) in [7, 11) is 3.18. The SMILES string of the molecule is CC1CCCCC1NC(=O)Cn1cnc2c1C(=O)N(C)C(O)N2C. The molecule has 0 radical (unpaired) electrons.